The third-order valence-corrected chi connectivity index (χ3v) is 2.92. The largest absolute Gasteiger partial charge is 0.481 e. The molecule has 0 aromatic carbocycles. The molecule has 0 aromatic rings. The van der Waals surface area contributed by atoms with Crippen LogP contribution in [0.4, 0.5) is 0 Å². The molecule has 1 heterocycles. The zero-order valence-electron chi connectivity index (χ0n) is 10.4. The fraction of sp³-hybridized carbons (Fsp3) is 0.909. The molecule has 1 saturated heterocycles. The summed E-state index contributed by atoms with van der Waals surface area (Å²) in [6.45, 7) is -0.361. The van der Waals surface area contributed by atoms with Crippen LogP contribution < -0.4 is 0 Å². The van der Waals surface area contributed by atoms with Gasteiger partial charge in [0.15, 0.2) is 6.29 Å². The summed E-state index contributed by atoms with van der Waals surface area (Å²) in [6.07, 6.45) is -5.53. The van der Waals surface area contributed by atoms with E-state index < -0.39 is 43.3 Å². The Morgan fingerprint density at radius 3 is 2.37 bits per heavy atom. The van der Waals surface area contributed by atoms with E-state index in [1.165, 1.54) is 0 Å². The van der Waals surface area contributed by atoms with Gasteiger partial charge >= 0.3 is 5.97 Å². The van der Waals surface area contributed by atoms with Gasteiger partial charge in [-0.25, -0.2) is 0 Å². The van der Waals surface area contributed by atoms with Crippen molar-refractivity contribution in [1.82, 2.24) is 0 Å². The molecule has 1 rings (SSSR count). The summed E-state index contributed by atoms with van der Waals surface area (Å²) < 4.78 is 10.3. The molecular formula is C11H20O8. The van der Waals surface area contributed by atoms with Gasteiger partial charge in [-0.1, -0.05) is 0 Å². The second-order valence-corrected chi connectivity index (χ2v) is 4.42. The summed E-state index contributed by atoms with van der Waals surface area (Å²) in [5, 5.41) is 46.1. The van der Waals surface area contributed by atoms with Crippen molar-refractivity contribution < 1.29 is 39.8 Å². The Labute approximate surface area is 110 Å². The number of carboxylic acids is 1. The quantitative estimate of drug-likeness (QED) is 0.340. The van der Waals surface area contributed by atoms with Crippen molar-refractivity contribution in [3.63, 3.8) is 0 Å². The highest BCUT2D eigenvalue weighted by Gasteiger charge is 2.43. The first-order valence-corrected chi connectivity index (χ1v) is 6.11. The van der Waals surface area contributed by atoms with Crippen LogP contribution in [0.3, 0.4) is 0 Å². The lowest BCUT2D eigenvalue weighted by Gasteiger charge is -2.39. The molecular weight excluding hydrogens is 260 g/mol. The summed E-state index contributed by atoms with van der Waals surface area (Å²) in [4.78, 5) is 10.3. The first-order valence-electron chi connectivity index (χ1n) is 6.11. The molecule has 8 heteroatoms. The van der Waals surface area contributed by atoms with E-state index in [0.29, 0.717) is 12.8 Å². The van der Waals surface area contributed by atoms with E-state index in [2.05, 4.69) is 0 Å². The number of carbonyl (C=O) groups is 1. The van der Waals surface area contributed by atoms with Crippen molar-refractivity contribution >= 4 is 5.97 Å². The van der Waals surface area contributed by atoms with Crippen LogP contribution >= 0.6 is 0 Å². The zero-order valence-corrected chi connectivity index (χ0v) is 10.4. The number of carboxylic acid groups (broad SMARTS) is 1. The maximum atomic E-state index is 10.3. The first-order chi connectivity index (χ1) is 8.97. The van der Waals surface area contributed by atoms with E-state index in [1.807, 2.05) is 0 Å². The van der Waals surface area contributed by atoms with Crippen LogP contribution in [-0.2, 0) is 14.3 Å². The highest BCUT2D eigenvalue weighted by atomic mass is 16.7. The SMILES string of the molecule is O=C(O)CCCCO[C@H]1OC(CO)[C@@H](O)C(O)[C@H]1O. The van der Waals surface area contributed by atoms with Crippen molar-refractivity contribution in [2.75, 3.05) is 13.2 Å². The van der Waals surface area contributed by atoms with Crippen LogP contribution in [0.2, 0.25) is 0 Å². The second-order valence-electron chi connectivity index (χ2n) is 4.42. The van der Waals surface area contributed by atoms with Gasteiger partial charge in [0.2, 0.25) is 0 Å². The first kappa shape index (κ1) is 16.3. The second kappa shape index (κ2) is 7.73. The van der Waals surface area contributed by atoms with Crippen LogP contribution in [0.15, 0.2) is 0 Å². The molecule has 0 aromatic heterocycles. The number of aliphatic carboxylic acids is 1. The van der Waals surface area contributed by atoms with Crippen LogP contribution in [-0.4, -0.2) is 75.4 Å². The molecule has 1 aliphatic rings. The highest BCUT2D eigenvalue weighted by Crippen LogP contribution is 2.22. The number of unbranched alkanes of at least 4 members (excludes halogenated alkanes) is 1. The van der Waals surface area contributed by atoms with Gasteiger partial charge in [0.05, 0.1) is 6.61 Å². The highest BCUT2D eigenvalue weighted by molar-refractivity contribution is 5.66. The van der Waals surface area contributed by atoms with Crippen molar-refractivity contribution in [2.24, 2.45) is 0 Å². The van der Waals surface area contributed by atoms with Crippen LogP contribution in [0.1, 0.15) is 19.3 Å². The molecule has 5 N–H and O–H groups in total. The van der Waals surface area contributed by atoms with Gasteiger partial charge in [0, 0.05) is 13.0 Å². The molecule has 0 spiro atoms. The minimum absolute atomic E-state index is 0.0258. The molecule has 19 heavy (non-hydrogen) atoms. The fourth-order valence-corrected chi connectivity index (χ4v) is 1.78. The lowest BCUT2D eigenvalue weighted by atomic mass is 9.99. The Bertz CT molecular complexity index is 282. The molecule has 0 saturated carbocycles. The van der Waals surface area contributed by atoms with Crippen molar-refractivity contribution in [3.05, 3.63) is 0 Å². The molecule has 5 atom stereocenters. The number of aliphatic hydroxyl groups is 4. The van der Waals surface area contributed by atoms with Gasteiger partial charge in [-0.3, -0.25) is 4.79 Å². The maximum absolute atomic E-state index is 10.3. The van der Waals surface area contributed by atoms with Gasteiger partial charge < -0.3 is 35.0 Å². The summed E-state index contributed by atoms with van der Waals surface area (Å²) in [5.74, 6) is -0.896. The summed E-state index contributed by atoms with van der Waals surface area (Å²) in [7, 11) is 0. The molecule has 1 aliphatic heterocycles. The van der Waals surface area contributed by atoms with E-state index in [4.69, 9.17) is 19.7 Å². The Hall–Kier alpha value is -0.770. The van der Waals surface area contributed by atoms with E-state index >= 15 is 0 Å². The van der Waals surface area contributed by atoms with Gasteiger partial charge in [0.1, 0.15) is 24.4 Å². The lowest BCUT2D eigenvalue weighted by molar-refractivity contribution is -0.301. The lowest BCUT2D eigenvalue weighted by Crippen LogP contribution is -2.59. The minimum Gasteiger partial charge on any atom is -0.481 e. The Balaban J connectivity index is 2.33. The number of hydrogen-bond donors (Lipinski definition) is 5. The zero-order chi connectivity index (χ0) is 14.4. The molecule has 1 fully saturated rings. The van der Waals surface area contributed by atoms with Gasteiger partial charge in [-0.05, 0) is 12.8 Å². The van der Waals surface area contributed by atoms with Gasteiger partial charge in [0.25, 0.3) is 0 Å². The van der Waals surface area contributed by atoms with Crippen molar-refractivity contribution in [1.29, 1.82) is 0 Å². The van der Waals surface area contributed by atoms with E-state index in [9.17, 15) is 20.1 Å². The van der Waals surface area contributed by atoms with Crippen LogP contribution in [0.5, 0.6) is 0 Å². The van der Waals surface area contributed by atoms with Gasteiger partial charge in [-0.2, -0.15) is 0 Å². The standard InChI is InChI=1S/C11H20O8/c12-5-6-8(15)9(16)10(17)11(19-6)18-4-2-1-3-7(13)14/h6,8-12,15-17H,1-5H2,(H,13,14)/t6?,8-,9?,10-,11+/m1/s1. The Morgan fingerprint density at radius 2 is 1.79 bits per heavy atom. The molecule has 0 bridgehead atoms. The monoisotopic (exact) mass is 280 g/mol. The molecule has 2 unspecified atom stereocenters. The van der Waals surface area contributed by atoms with E-state index in [1.54, 1.807) is 0 Å². The van der Waals surface area contributed by atoms with Crippen LogP contribution in [0.25, 0.3) is 0 Å². The Kier molecular flexibility index (Phi) is 6.63. The van der Waals surface area contributed by atoms with Crippen molar-refractivity contribution in [2.45, 2.75) is 50.0 Å². The fourth-order valence-electron chi connectivity index (χ4n) is 1.78. The molecule has 0 radical (unpaired) electrons. The number of aliphatic hydroxyl groups excluding tert-OH is 4. The van der Waals surface area contributed by atoms with Gasteiger partial charge in [-0.15, -0.1) is 0 Å². The number of rotatable bonds is 7. The summed E-state index contributed by atoms with van der Waals surface area (Å²) >= 11 is 0. The van der Waals surface area contributed by atoms with E-state index in [-0.39, 0.29) is 13.0 Å². The average molecular weight is 280 g/mol. The van der Waals surface area contributed by atoms with E-state index in [0.717, 1.165) is 0 Å². The third kappa shape index (κ3) is 4.68. The maximum Gasteiger partial charge on any atom is 0.303 e. The number of hydrogen-bond acceptors (Lipinski definition) is 7. The third-order valence-electron chi connectivity index (χ3n) is 2.92. The summed E-state index contributed by atoms with van der Waals surface area (Å²) in [6, 6.07) is 0. The molecule has 0 amide bonds. The molecule has 8 nitrogen and oxygen atoms in total. The predicted octanol–water partition coefficient (Wildman–Crippen LogP) is -1.94. The predicted molar refractivity (Wildman–Crippen MR) is 61.2 cm³/mol. The normalized spacial score (nSPS) is 35.3. The molecule has 112 valence electrons. The smallest absolute Gasteiger partial charge is 0.303 e. The van der Waals surface area contributed by atoms with Crippen LogP contribution in [0, 0.1) is 0 Å². The average Bonchev–Trinajstić information content (AvgIpc) is 2.37. The molecule has 0 aliphatic carbocycles. The van der Waals surface area contributed by atoms with Crippen molar-refractivity contribution in [3.8, 4) is 0 Å². The summed E-state index contributed by atoms with van der Waals surface area (Å²) in [5.41, 5.74) is 0. The topological polar surface area (TPSA) is 137 Å². The number of ether oxygens (including phenoxy) is 2. The Morgan fingerprint density at radius 1 is 1.11 bits per heavy atom. The minimum atomic E-state index is -1.46.